The fraction of sp³-hybridized carbons (Fsp3) is 1.00. The van der Waals surface area contributed by atoms with Crippen LogP contribution in [-0.4, -0.2) is 17.8 Å². The van der Waals surface area contributed by atoms with Crippen molar-refractivity contribution in [2.24, 2.45) is 0 Å². The first-order valence-corrected chi connectivity index (χ1v) is 5.48. The molecule has 0 bridgehead atoms. The van der Waals surface area contributed by atoms with E-state index in [2.05, 4.69) is 4.52 Å². The molecule has 0 amide bonds. The van der Waals surface area contributed by atoms with Gasteiger partial charge in [-0.2, -0.15) is 0 Å². The lowest BCUT2D eigenvalue weighted by Crippen LogP contribution is -2.13. The Morgan fingerprint density at radius 2 is 2.17 bits per heavy atom. The first kappa shape index (κ1) is 12.1. The highest BCUT2D eigenvalue weighted by atomic mass is 31.1. The van der Waals surface area contributed by atoms with Gasteiger partial charge >= 0.3 is 8.25 Å². The van der Waals surface area contributed by atoms with Crippen LogP contribution in [0, 0.1) is 0 Å². The summed E-state index contributed by atoms with van der Waals surface area (Å²) in [5.41, 5.74) is 0. The number of hydrogen-bond donors (Lipinski definition) is 1. The second kappa shape index (κ2) is 7.74. The summed E-state index contributed by atoms with van der Waals surface area (Å²) in [7, 11) is -2.86. The summed E-state index contributed by atoms with van der Waals surface area (Å²) in [6, 6.07) is 0. The lowest BCUT2D eigenvalue weighted by Gasteiger charge is -2.14. The molecule has 0 rings (SSSR count). The van der Waals surface area contributed by atoms with E-state index in [1.807, 2.05) is 13.8 Å². The molecule has 0 saturated heterocycles. The third-order valence-electron chi connectivity index (χ3n) is 1.38. The van der Waals surface area contributed by atoms with Crippen molar-refractivity contribution in [3.05, 3.63) is 0 Å². The normalized spacial score (nSPS) is 15.9. The fourth-order valence-corrected chi connectivity index (χ4v) is 1.26. The predicted molar refractivity (Wildman–Crippen MR) is 47.2 cm³/mol. The quantitative estimate of drug-likeness (QED) is 0.499. The van der Waals surface area contributed by atoms with Crippen molar-refractivity contribution in [3.8, 4) is 0 Å². The first-order valence-electron chi connectivity index (χ1n) is 4.21. The molecule has 2 unspecified atom stereocenters. The van der Waals surface area contributed by atoms with Gasteiger partial charge < -0.3 is 9.63 Å². The van der Waals surface area contributed by atoms with Gasteiger partial charge in [-0.05, 0) is 19.8 Å². The average Bonchev–Trinajstić information content (AvgIpc) is 2.00. The summed E-state index contributed by atoms with van der Waals surface area (Å²) in [6.07, 6.45) is 2.15. The molecule has 0 aliphatic heterocycles. The molecule has 0 aromatic rings. The van der Waals surface area contributed by atoms with Gasteiger partial charge in [0, 0.05) is 6.61 Å². The topological polar surface area (TPSA) is 55.8 Å². The van der Waals surface area contributed by atoms with E-state index >= 15 is 0 Å². The van der Waals surface area contributed by atoms with Gasteiger partial charge in [-0.25, -0.2) is 0 Å². The Bertz CT molecular complexity index is 129. The zero-order valence-electron chi connectivity index (χ0n) is 7.58. The van der Waals surface area contributed by atoms with Gasteiger partial charge in [0.1, 0.15) is 0 Å². The van der Waals surface area contributed by atoms with Crippen LogP contribution in [0.25, 0.3) is 0 Å². The van der Waals surface area contributed by atoms with E-state index in [1.165, 1.54) is 0 Å². The fourth-order valence-electron chi connectivity index (χ4n) is 0.845. The molecule has 0 aliphatic carbocycles. The van der Waals surface area contributed by atoms with Gasteiger partial charge in [-0.1, -0.05) is 13.3 Å². The van der Waals surface area contributed by atoms with E-state index in [0.29, 0.717) is 13.0 Å². The largest absolute Gasteiger partial charge is 0.352 e. The summed E-state index contributed by atoms with van der Waals surface area (Å²) < 4.78 is 20.1. The van der Waals surface area contributed by atoms with Crippen molar-refractivity contribution in [3.63, 3.8) is 0 Å². The van der Waals surface area contributed by atoms with Crippen LogP contribution in [0.15, 0.2) is 0 Å². The van der Waals surface area contributed by atoms with Crippen molar-refractivity contribution in [2.45, 2.75) is 39.4 Å². The minimum Gasteiger partial charge on any atom is -0.352 e. The van der Waals surface area contributed by atoms with Crippen LogP contribution in [-0.2, 0) is 13.8 Å². The molecule has 0 fully saturated rings. The van der Waals surface area contributed by atoms with Gasteiger partial charge in [0.15, 0.2) is 6.29 Å². The van der Waals surface area contributed by atoms with Crippen molar-refractivity contribution < 1.29 is 18.7 Å². The highest BCUT2D eigenvalue weighted by molar-refractivity contribution is 7.32. The van der Waals surface area contributed by atoms with Crippen molar-refractivity contribution in [1.29, 1.82) is 0 Å². The van der Waals surface area contributed by atoms with E-state index in [9.17, 15) is 4.57 Å². The molecule has 12 heavy (non-hydrogen) atoms. The van der Waals surface area contributed by atoms with Crippen LogP contribution < -0.4 is 0 Å². The molecule has 0 aliphatic rings. The van der Waals surface area contributed by atoms with E-state index in [0.717, 1.165) is 12.8 Å². The molecule has 0 aromatic heterocycles. The molecule has 74 valence electrons. The molecule has 1 N–H and O–H groups in total. The van der Waals surface area contributed by atoms with E-state index in [-0.39, 0.29) is 0 Å². The van der Waals surface area contributed by atoms with Crippen molar-refractivity contribution >= 4 is 8.25 Å². The zero-order chi connectivity index (χ0) is 9.40. The van der Waals surface area contributed by atoms with Crippen LogP contribution >= 0.6 is 8.25 Å². The Balaban J connectivity index is 3.61. The summed E-state index contributed by atoms with van der Waals surface area (Å²) in [4.78, 5) is 8.49. The van der Waals surface area contributed by atoms with Gasteiger partial charge in [-0.15, -0.1) is 0 Å². The second-order valence-electron chi connectivity index (χ2n) is 2.41. The summed E-state index contributed by atoms with van der Waals surface area (Å²) in [5, 5.41) is 0. The average molecular weight is 196 g/mol. The Morgan fingerprint density at radius 1 is 1.50 bits per heavy atom. The molecular weight excluding hydrogens is 179 g/mol. The summed E-state index contributed by atoms with van der Waals surface area (Å²) >= 11 is 0. The number of rotatable bonds is 7. The van der Waals surface area contributed by atoms with Crippen LogP contribution in [0.4, 0.5) is 0 Å². The third-order valence-corrected chi connectivity index (χ3v) is 1.84. The van der Waals surface area contributed by atoms with E-state index in [1.54, 1.807) is 0 Å². The Kier molecular flexibility index (Phi) is 7.81. The van der Waals surface area contributed by atoms with Gasteiger partial charge in [0.2, 0.25) is 0 Å². The van der Waals surface area contributed by atoms with E-state index in [4.69, 9.17) is 9.63 Å². The maximum atomic E-state index is 10.3. The SMILES string of the molecule is CCCCC(OCC)O[PH](=O)O. The molecule has 0 saturated carbocycles. The highest BCUT2D eigenvalue weighted by Gasteiger charge is 2.09. The minimum atomic E-state index is -2.86. The lowest BCUT2D eigenvalue weighted by atomic mass is 10.2. The summed E-state index contributed by atoms with van der Waals surface area (Å²) in [5.74, 6) is 0. The van der Waals surface area contributed by atoms with Crippen LogP contribution in [0.2, 0.25) is 0 Å². The highest BCUT2D eigenvalue weighted by Crippen LogP contribution is 2.21. The molecule has 0 radical (unpaired) electrons. The molecule has 0 spiro atoms. The second-order valence-corrected chi connectivity index (χ2v) is 3.18. The maximum absolute atomic E-state index is 10.3. The molecular formula is C7H17O4P. The first-order chi connectivity index (χ1) is 5.70. The Hall–Kier alpha value is 0.110. The molecule has 0 aromatic carbocycles. The molecule has 5 heteroatoms. The Labute approximate surface area is 73.8 Å². The Morgan fingerprint density at radius 3 is 2.58 bits per heavy atom. The van der Waals surface area contributed by atoms with E-state index < -0.39 is 14.5 Å². The monoisotopic (exact) mass is 196 g/mol. The maximum Gasteiger partial charge on any atom is 0.318 e. The number of unbranched alkanes of at least 4 members (excludes halogenated alkanes) is 1. The van der Waals surface area contributed by atoms with Crippen LogP contribution in [0.3, 0.4) is 0 Å². The summed E-state index contributed by atoms with van der Waals surface area (Å²) in [6.45, 7) is 4.38. The zero-order valence-corrected chi connectivity index (χ0v) is 8.58. The standard InChI is InChI=1S/C7H17O4P/c1-3-5-6-7(10-4-2)11-12(8)9/h7,12H,3-6H2,1-2H3,(H,8,9). The van der Waals surface area contributed by atoms with Crippen molar-refractivity contribution in [2.75, 3.05) is 6.61 Å². The minimum absolute atomic E-state index is 0.503. The molecule has 4 nitrogen and oxygen atoms in total. The third kappa shape index (κ3) is 6.80. The van der Waals surface area contributed by atoms with Gasteiger partial charge in [0.05, 0.1) is 0 Å². The molecule has 2 atom stereocenters. The lowest BCUT2D eigenvalue weighted by molar-refractivity contribution is -0.0812. The van der Waals surface area contributed by atoms with Gasteiger partial charge in [-0.3, -0.25) is 9.09 Å². The smallest absolute Gasteiger partial charge is 0.318 e. The molecule has 0 heterocycles. The predicted octanol–water partition coefficient (Wildman–Crippen LogP) is 1.94. The number of ether oxygens (including phenoxy) is 1. The van der Waals surface area contributed by atoms with Crippen LogP contribution in [0.5, 0.6) is 0 Å². The number of hydrogen-bond acceptors (Lipinski definition) is 3. The van der Waals surface area contributed by atoms with Crippen LogP contribution in [0.1, 0.15) is 33.1 Å². The van der Waals surface area contributed by atoms with Gasteiger partial charge in [0.25, 0.3) is 0 Å². The van der Waals surface area contributed by atoms with Crippen molar-refractivity contribution in [1.82, 2.24) is 0 Å².